The summed E-state index contributed by atoms with van der Waals surface area (Å²) in [4.78, 5) is 21.0. The van der Waals surface area contributed by atoms with E-state index in [-0.39, 0.29) is 0 Å². The smallest absolute Gasteiger partial charge is 0.303 e. The molecule has 0 saturated heterocycles. The van der Waals surface area contributed by atoms with Gasteiger partial charge in [0.25, 0.3) is 0 Å². The molecular weight excluding hydrogens is 520 g/mol. The van der Waals surface area contributed by atoms with Gasteiger partial charge in [0.2, 0.25) is 0 Å². The lowest BCUT2D eigenvalue weighted by molar-refractivity contribution is -0.138. The third-order valence-corrected chi connectivity index (χ3v) is 8.49. The van der Waals surface area contributed by atoms with Crippen LogP contribution in [0.5, 0.6) is 0 Å². The summed E-state index contributed by atoms with van der Waals surface area (Å²) in [6.07, 6.45) is 45.4. The number of carbonyl (C=O) groups is 2. The molecule has 0 fully saturated rings. The quantitative estimate of drug-likeness (QED) is 0.0577. The van der Waals surface area contributed by atoms with E-state index < -0.39 is 11.9 Å². The van der Waals surface area contributed by atoms with Crippen LogP contribution < -0.4 is 0 Å². The molecule has 0 bridgehead atoms. The molecule has 0 aliphatic heterocycles. The Hall–Kier alpha value is -1.58. The topological polar surface area (TPSA) is 74.6 Å². The molecule has 0 spiro atoms. The molecule has 2 N–H and O–H groups in total. The third kappa shape index (κ3) is 36.4. The minimum absolute atomic E-state index is 0.324. The Morgan fingerprint density at radius 1 is 0.405 bits per heavy atom. The Kier molecular flexibility index (Phi) is 32.6. The van der Waals surface area contributed by atoms with Gasteiger partial charge in [0.1, 0.15) is 0 Å². The molecule has 0 aromatic rings. The van der Waals surface area contributed by atoms with Gasteiger partial charge in [-0.15, -0.1) is 0 Å². The van der Waals surface area contributed by atoms with E-state index in [2.05, 4.69) is 31.2 Å². The molecule has 0 aliphatic rings. The molecule has 0 unspecified atom stereocenters. The highest BCUT2D eigenvalue weighted by molar-refractivity contribution is 5.66. The SMILES string of the molecule is CC(CCCCCCCCC=CCCCCCCCC(=O)O)CCCCCCCCC=CCCCCCCCC(=O)O. The van der Waals surface area contributed by atoms with Crippen molar-refractivity contribution in [2.24, 2.45) is 5.92 Å². The first-order chi connectivity index (χ1) is 20.5. The molecule has 0 aromatic carbocycles. The van der Waals surface area contributed by atoms with Crippen LogP contribution in [0.1, 0.15) is 200 Å². The largest absolute Gasteiger partial charge is 0.481 e. The van der Waals surface area contributed by atoms with Crippen LogP contribution in [-0.4, -0.2) is 22.2 Å². The van der Waals surface area contributed by atoms with E-state index in [0.717, 1.165) is 31.6 Å². The number of rotatable bonds is 34. The van der Waals surface area contributed by atoms with Crippen molar-refractivity contribution >= 4 is 11.9 Å². The van der Waals surface area contributed by atoms with Gasteiger partial charge in [-0.25, -0.2) is 0 Å². The Balaban J connectivity index is 3.25. The summed E-state index contributed by atoms with van der Waals surface area (Å²) in [5, 5.41) is 17.3. The van der Waals surface area contributed by atoms with Crippen LogP contribution in [0, 0.1) is 5.92 Å². The second-order valence-electron chi connectivity index (χ2n) is 12.8. The fourth-order valence-corrected chi connectivity index (χ4v) is 5.68. The van der Waals surface area contributed by atoms with Gasteiger partial charge < -0.3 is 10.2 Å². The maximum Gasteiger partial charge on any atom is 0.303 e. The van der Waals surface area contributed by atoms with E-state index in [9.17, 15) is 9.59 Å². The molecule has 0 amide bonds. The van der Waals surface area contributed by atoms with Gasteiger partial charge in [-0.2, -0.15) is 0 Å². The fraction of sp³-hybridized carbons (Fsp3) is 0.842. The van der Waals surface area contributed by atoms with E-state index >= 15 is 0 Å². The minimum Gasteiger partial charge on any atom is -0.481 e. The van der Waals surface area contributed by atoms with Crippen LogP contribution in [0.25, 0.3) is 0 Å². The molecule has 0 heterocycles. The van der Waals surface area contributed by atoms with Crippen LogP contribution in [0.3, 0.4) is 0 Å². The molecule has 0 aromatic heterocycles. The minimum atomic E-state index is -0.667. The monoisotopic (exact) mass is 591 g/mol. The van der Waals surface area contributed by atoms with E-state index in [0.29, 0.717) is 12.8 Å². The molecular formula is C38H70O4. The number of carboxylic acid groups (broad SMARTS) is 2. The maximum atomic E-state index is 10.5. The van der Waals surface area contributed by atoms with Crippen molar-refractivity contribution in [1.82, 2.24) is 0 Å². The van der Waals surface area contributed by atoms with Crippen molar-refractivity contribution in [2.45, 2.75) is 200 Å². The van der Waals surface area contributed by atoms with Crippen molar-refractivity contribution in [2.75, 3.05) is 0 Å². The van der Waals surface area contributed by atoms with Crippen LogP contribution in [-0.2, 0) is 9.59 Å². The zero-order valence-corrected chi connectivity index (χ0v) is 27.8. The highest BCUT2D eigenvalue weighted by Crippen LogP contribution is 2.19. The van der Waals surface area contributed by atoms with Crippen LogP contribution in [0.4, 0.5) is 0 Å². The molecule has 246 valence electrons. The van der Waals surface area contributed by atoms with E-state index in [1.165, 1.54) is 154 Å². The van der Waals surface area contributed by atoms with Crippen molar-refractivity contribution < 1.29 is 19.8 Å². The molecule has 0 rings (SSSR count). The maximum absolute atomic E-state index is 10.5. The standard InChI is InChI=1S/C38H70O4/c1-36(32-28-24-20-16-12-8-4-2-6-10-14-18-22-26-30-34-37(39)40)33-29-25-21-17-13-9-5-3-7-11-15-19-23-27-31-35-38(41)42/h2-3,6-7,36H,4-5,8-35H2,1H3,(H,39,40)(H,41,42). The number of unbranched alkanes of at least 4 members (excludes halogenated alkanes) is 22. The van der Waals surface area contributed by atoms with Gasteiger partial charge in [0, 0.05) is 12.8 Å². The van der Waals surface area contributed by atoms with Crippen molar-refractivity contribution in [3.05, 3.63) is 24.3 Å². The van der Waals surface area contributed by atoms with E-state index in [4.69, 9.17) is 10.2 Å². The number of carboxylic acids is 2. The summed E-state index contributed by atoms with van der Waals surface area (Å²) in [7, 11) is 0. The first kappa shape index (κ1) is 40.4. The van der Waals surface area contributed by atoms with Crippen molar-refractivity contribution in [3.8, 4) is 0 Å². The molecule has 0 saturated carbocycles. The normalized spacial score (nSPS) is 12.5. The molecule has 0 radical (unpaired) electrons. The Bertz CT molecular complexity index is 585. The summed E-state index contributed by atoms with van der Waals surface area (Å²) < 4.78 is 0. The number of hydrogen-bond donors (Lipinski definition) is 2. The average molecular weight is 591 g/mol. The molecule has 0 aliphatic carbocycles. The number of allylic oxidation sites excluding steroid dienone is 4. The average Bonchev–Trinajstić information content (AvgIpc) is 2.96. The highest BCUT2D eigenvalue weighted by atomic mass is 16.4. The zero-order valence-electron chi connectivity index (χ0n) is 27.8. The van der Waals surface area contributed by atoms with Gasteiger partial charge >= 0.3 is 11.9 Å². The van der Waals surface area contributed by atoms with Gasteiger partial charge in [-0.3, -0.25) is 9.59 Å². The van der Waals surface area contributed by atoms with Gasteiger partial charge in [-0.1, -0.05) is 147 Å². The first-order valence-corrected chi connectivity index (χ1v) is 18.3. The predicted molar refractivity (Wildman–Crippen MR) is 181 cm³/mol. The Labute approximate surface area is 261 Å². The lowest BCUT2D eigenvalue weighted by atomic mass is 9.96. The van der Waals surface area contributed by atoms with E-state index in [1.807, 2.05) is 0 Å². The lowest BCUT2D eigenvalue weighted by Gasteiger charge is -2.11. The summed E-state index contributed by atoms with van der Waals surface area (Å²) in [6, 6.07) is 0. The number of hydrogen-bond acceptors (Lipinski definition) is 2. The number of aliphatic carboxylic acids is 2. The van der Waals surface area contributed by atoms with Gasteiger partial charge in [-0.05, 0) is 70.1 Å². The summed E-state index contributed by atoms with van der Waals surface area (Å²) in [6.45, 7) is 2.46. The summed E-state index contributed by atoms with van der Waals surface area (Å²) in [5.41, 5.74) is 0. The highest BCUT2D eigenvalue weighted by Gasteiger charge is 2.02. The van der Waals surface area contributed by atoms with E-state index in [1.54, 1.807) is 0 Å². The van der Waals surface area contributed by atoms with Gasteiger partial charge in [0.05, 0.1) is 0 Å². The zero-order chi connectivity index (χ0) is 30.8. The second-order valence-corrected chi connectivity index (χ2v) is 12.8. The van der Waals surface area contributed by atoms with Crippen LogP contribution in [0.2, 0.25) is 0 Å². The Morgan fingerprint density at radius 3 is 0.929 bits per heavy atom. The molecule has 0 atom stereocenters. The van der Waals surface area contributed by atoms with Crippen molar-refractivity contribution in [1.29, 1.82) is 0 Å². The molecule has 4 heteroatoms. The second kappa shape index (κ2) is 33.9. The van der Waals surface area contributed by atoms with Crippen LogP contribution >= 0.6 is 0 Å². The third-order valence-electron chi connectivity index (χ3n) is 8.49. The van der Waals surface area contributed by atoms with Crippen LogP contribution in [0.15, 0.2) is 24.3 Å². The Morgan fingerprint density at radius 2 is 0.643 bits per heavy atom. The first-order valence-electron chi connectivity index (χ1n) is 18.3. The van der Waals surface area contributed by atoms with Crippen molar-refractivity contribution in [3.63, 3.8) is 0 Å². The fourth-order valence-electron chi connectivity index (χ4n) is 5.68. The predicted octanol–water partition coefficient (Wildman–Crippen LogP) is 12.6. The molecule has 42 heavy (non-hydrogen) atoms. The molecule has 4 nitrogen and oxygen atoms in total. The summed E-state index contributed by atoms with van der Waals surface area (Å²) >= 11 is 0. The van der Waals surface area contributed by atoms with Gasteiger partial charge in [0.15, 0.2) is 0 Å². The lowest BCUT2D eigenvalue weighted by Crippen LogP contribution is -1.95. The summed E-state index contributed by atoms with van der Waals surface area (Å²) in [5.74, 6) is -0.435.